The lowest BCUT2D eigenvalue weighted by Crippen LogP contribution is -2.51. The minimum atomic E-state index is -0.0942. The normalized spacial score (nSPS) is 17.1. The van der Waals surface area contributed by atoms with Crippen LogP contribution in [0.25, 0.3) is 0 Å². The summed E-state index contributed by atoms with van der Waals surface area (Å²) in [5.41, 5.74) is 0.487. The monoisotopic (exact) mass is 393 g/mol. The van der Waals surface area contributed by atoms with Crippen LogP contribution in [-0.2, 0) is 4.79 Å². The molecular weight excluding hydrogens is 370 g/mol. The van der Waals surface area contributed by atoms with Crippen LogP contribution in [-0.4, -0.2) is 74.1 Å². The van der Waals surface area contributed by atoms with Crippen molar-refractivity contribution in [3.63, 3.8) is 0 Å². The van der Waals surface area contributed by atoms with Crippen LogP contribution in [0, 0.1) is 0 Å². The molecule has 0 saturated carbocycles. The van der Waals surface area contributed by atoms with E-state index in [1.54, 1.807) is 23.1 Å². The number of rotatable bonds is 5. The molecule has 146 valence electrons. The molecule has 27 heavy (non-hydrogen) atoms. The standard InChI is InChI=1S/C19H24ClN3O4/c1-2-4-21-17(24)13-22-5-7-23(8-6-22)19(25)14-11-15(20)18-16(12-14)26-9-3-10-27-18/h2,11-12H,1,3-10,13H2,(H,21,24). The molecule has 0 atom stereocenters. The molecule has 1 aromatic carbocycles. The highest BCUT2D eigenvalue weighted by molar-refractivity contribution is 6.32. The van der Waals surface area contributed by atoms with E-state index in [9.17, 15) is 9.59 Å². The van der Waals surface area contributed by atoms with E-state index >= 15 is 0 Å². The first-order chi connectivity index (χ1) is 13.1. The van der Waals surface area contributed by atoms with Crippen molar-refractivity contribution in [2.45, 2.75) is 6.42 Å². The number of benzene rings is 1. The summed E-state index contributed by atoms with van der Waals surface area (Å²) in [6, 6.07) is 3.33. The summed E-state index contributed by atoms with van der Waals surface area (Å²) >= 11 is 6.29. The van der Waals surface area contributed by atoms with E-state index in [1.165, 1.54) is 0 Å². The Hall–Kier alpha value is -2.25. The molecule has 1 N–H and O–H groups in total. The van der Waals surface area contributed by atoms with Crippen molar-refractivity contribution in [3.8, 4) is 11.5 Å². The van der Waals surface area contributed by atoms with Crippen LogP contribution in [0.3, 0.4) is 0 Å². The number of fused-ring (bicyclic) bond motifs is 1. The van der Waals surface area contributed by atoms with E-state index in [0.717, 1.165) is 6.42 Å². The lowest BCUT2D eigenvalue weighted by Gasteiger charge is -2.34. The molecule has 2 amide bonds. The lowest BCUT2D eigenvalue weighted by molar-refractivity contribution is -0.122. The number of amides is 2. The largest absolute Gasteiger partial charge is 0.489 e. The van der Waals surface area contributed by atoms with Crippen LogP contribution in [0.2, 0.25) is 5.02 Å². The van der Waals surface area contributed by atoms with Crippen LogP contribution in [0.5, 0.6) is 11.5 Å². The SMILES string of the molecule is C=CCNC(=O)CN1CCN(C(=O)c2cc(Cl)c3c(c2)OCCCO3)CC1. The third-order valence-electron chi connectivity index (χ3n) is 4.52. The molecule has 2 aliphatic rings. The molecule has 0 aliphatic carbocycles. The topological polar surface area (TPSA) is 71.1 Å². The van der Waals surface area contributed by atoms with Gasteiger partial charge in [-0.15, -0.1) is 6.58 Å². The molecule has 2 aliphatic heterocycles. The van der Waals surface area contributed by atoms with Crippen molar-refractivity contribution >= 4 is 23.4 Å². The summed E-state index contributed by atoms with van der Waals surface area (Å²) < 4.78 is 11.3. The van der Waals surface area contributed by atoms with Gasteiger partial charge in [0.15, 0.2) is 11.5 Å². The fourth-order valence-corrected chi connectivity index (χ4v) is 3.36. The van der Waals surface area contributed by atoms with Crippen LogP contribution in [0.4, 0.5) is 0 Å². The summed E-state index contributed by atoms with van der Waals surface area (Å²) in [5.74, 6) is 0.884. The highest BCUT2D eigenvalue weighted by Crippen LogP contribution is 2.38. The highest BCUT2D eigenvalue weighted by atomic mass is 35.5. The molecule has 0 unspecified atom stereocenters. The minimum Gasteiger partial charge on any atom is -0.489 e. The zero-order valence-corrected chi connectivity index (χ0v) is 16.0. The van der Waals surface area contributed by atoms with Crippen molar-refractivity contribution < 1.29 is 19.1 Å². The Labute approximate surface area is 163 Å². The Morgan fingerprint density at radius 1 is 1.19 bits per heavy atom. The molecular formula is C19H24ClN3O4. The number of ether oxygens (including phenoxy) is 2. The van der Waals surface area contributed by atoms with Crippen molar-refractivity contribution in [2.75, 3.05) is 52.5 Å². The summed E-state index contributed by atoms with van der Waals surface area (Å²) in [4.78, 5) is 28.4. The van der Waals surface area contributed by atoms with Crippen LogP contribution in [0.15, 0.2) is 24.8 Å². The molecule has 1 saturated heterocycles. The second kappa shape index (κ2) is 9.10. The zero-order chi connectivity index (χ0) is 19.2. The zero-order valence-electron chi connectivity index (χ0n) is 15.2. The van der Waals surface area contributed by atoms with Gasteiger partial charge in [-0.25, -0.2) is 0 Å². The first kappa shape index (κ1) is 19.5. The van der Waals surface area contributed by atoms with Gasteiger partial charge in [-0.1, -0.05) is 17.7 Å². The molecule has 0 spiro atoms. The third-order valence-corrected chi connectivity index (χ3v) is 4.80. The van der Waals surface area contributed by atoms with Gasteiger partial charge in [0, 0.05) is 44.7 Å². The van der Waals surface area contributed by atoms with Gasteiger partial charge in [-0.05, 0) is 12.1 Å². The predicted molar refractivity (Wildman–Crippen MR) is 103 cm³/mol. The molecule has 2 heterocycles. The Bertz CT molecular complexity index is 717. The van der Waals surface area contributed by atoms with E-state index in [-0.39, 0.29) is 11.8 Å². The Kier molecular flexibility index (Phi) is 6.58. The van der Waals surface area contributed by atoms with Gasteiger partial charge in [0.2, 0.25) is 5.91 Å². The van der Waals surface area contributed by atoms with Gasteiger partial charge in [0.1, 0.15) is 0 Å². The fourth-order valence-electron chi connectivity index (χ4n) is 3.09. The number of nitrogens with zero attached hydrogens (tertiary/aromatic N) is 2. The summed E-state index contributed by atoms with van der Waals surface area (Å²) in [7, 11) is 0. The van der Waals surface area contributed by atoms with Gasteiger partial charge >= 0.3 is 0 Å². The maximum absolute atomic E-state index is 12.9. The van der Waals surface area contributed by atoms with Gasteiger partial charge in [-0.3, -0.25) is 14.5 Å². The number of carbonyl (C=O) groups excluding carboxylic acids is 2. The van der Waals surface area contributed by atoms with E-state index in [0.29, 0.717) is 74.6 Å². The molecule has 3 rings (SSSR count). The summed E-state index contributed by atoms with van der Waals surface area (Å²) in [5, 5.41) is 3.14. The summed E-state index contributed by atoms with van der Waals surface area (Å²) in [6.07, 6.45) is 2.42. The number of piperazine rings is 1. The number of hydrogen-bond donors (Lipinski definition) is 1. The van der Waals surface area contributed by atoms with Gasteiger partial charge in [0.25, 0.3) is 5.91 Å². The van der Waals surface area contributed by atoms with Crippen LogP contribution in [0.1, 0.15) is 16.8 Å². The van der Waals surface area contributed by atoms with Crippen LogP contribution < -0.4 is 14.8 Å². The van der Waals surface area contributed by atoms with Crippen molar-refractivity contribution in [1.29, 1.82) is 0 Å². The molecule has 1 aromatic rings. The lowest BCUT2D eigenvalue weighted by atomic mass is 10.1. The van der Waals surface area contributed by atoms with Gasteiger partial charge in [-0.2, -0.15) is 0 Å². The predicted octanol–water partition coefficient (Wildman–Crippen LogP) is 1.56. The first-order valence-electron chi connectivity index (χ1n) is 9.07. The quantitative estimate of drug-likeness (QED) is 0.769. The van der Waals surface area contributed by atoms with Gasteiger partial charge in [0.05, 0.1) is 24.8 Å². The number of carbonyl (C=O) groups is 2. The maximum atomic E-state index is 12.9. The second-order valence-corrected chi connectivity index (χ2v) is 6.90. The van der Waals surface area contributed by atoms with Crippen molar-refractivity contribution in [2.24, 2.45) is 0 Å². The molecule has 0 bridgehead atoms. The average molecular weight is 394 g/mol. The third kappa shape index (κ3) is 4.93. The smallest absolute Gasteiger partial charge is 0.254 e. The molecule has 7 nitrogen and oxygen atoms in total. The Morgan fingerprint density at radius 2 is 1.93 bits per heavy atom. The molecule has 8 heteroatoms. The number of hydrogen-bond acceptors (Lipinski definition) is 5. The molecule has 0 aromatic heterocycles. The Balaban J connectivity index is 1.59. The van der Waals surface area contributed by atoms with Crippen molar-refractivity contribution in [1.82, 2.24) is 15.1 Å². The molecule has 0 radical (unpaired) electrons. The van der Waals surface area contributed by atoms with Crippen molar-refractivity contribution in [3.05, 3.63) is 35.4 Å². The second-order valence-electron chi connectivity index (χ2n) is 6.50. The fraction of sp³-hybridized carbons (Fsp3) is 0.474. The van der Waals surface area contributed by atoms with E-state index in [4.69, 9.17) is 21.1 Å². The number of nitrogens with one attached hydrogen (secondary N) is 1. The molecule has 1 fully saturated rings. The van der Waals surface area contributed by atoms with E-state index in [2.05, 4.69) is 11.9 Å². The number of halogens is 1. The van der Waals surface area contributed by atoms with Gasteiger partial charge < -0.3 is 19.7 Å². The first-order valence-corrected chi connectivity index (χ1v) is 9.44. The highest BCUT2D eigenvalue weighted by Gasteiger charge is 2.25. The van der Waals surface area contributed by atoms with Crippen LogP contribution >= 0.6 is 11.6 Å². The maximum Gasteiger partial charge on any atom is 0.254 e. The minimum absolute atomic E-state index is 0.0376. The van der Waals surface area contributed by atoms with E-state index in [1.807, 2.05) is 4.90 Å². The average Bonchev–Trinajstić information content (AvgIpc) is 2.92. The van der Waals surface area contributed by atoms with E-state index < -0.39 is 0 Å². The Morgan fingerprint density at radius 3 is 2.67 bits per heavy atom. The summed E-state index contributed by atoms with van der Waals surface area (Å²) in [6.45, 7) is 7.84.